The molecule has 31 heavy (non-hydrogen) atoms. The van der Waals surface area contributed by atoms with Crippen molar-refractivity contribution in [2.45, 2.75) is 24.8 Å². The van der Waals surface area contributed by atoms with Crippen LogP contribution in [0.4, 0.5) is 29.2 Å². The lowest BCUT2D eigenvalue weighted by Gasteiger charge is -2.12. The van der Waals surface area contributed by atoms with Gasteiger partial charge in [0.2, 0.25) is 5.95 Å². The summed E-state index contributed by atoms with van der Waals surface area (Å²) in [5.41, 5.74) is 2.29. The highest BCUT2D eigenvalue weighted by molar-refractivity contribution is 7.97. The van der Waals surface area contributed by atoms with E-state index in [-0.39, 0.29) is 30.5 Å². The number of alkyl halides is 3. The zero-order valence-electron chi connectivity index (χ0n) is 16.6. The van der Waals surface area contributed by atoms with Gasteiger partial charge in [0.15, 0.2) is 5.82 Å². The number of rotatable bonds is 9. The van der Waals surface area contributed by atoms with Crippen LogP contribution in [-0.4, -0.2) is 34.0 Å². The summed E-state index contributed by atoms with van der Waals surface area (Å²) in [6.45, 7) is -0.214. The molecule has 3 aromatic rings. The summed E-state index contributed by atoms with van der Waals surface area (Å²) in [4.78, 5) is 12.6. The molecule has 0 radical (unpaired) electrons. The minimum absolute atomic E-state index is 0.0706. The molecule has 0 unspecified atom stereocenters. The minimum atomic E-state index is -4.27. The minimum Gasteiger partial charge on any atom is -0.493 e. The summed E-state index contributed by atoms with van der Waals surface area (Å²) < 4.78 is 56.1. The van der Waals surface area contributed by atoms with Crippen molar-refractivity contribution in [1.29, 1.82) is 0 Å². The molecule has 3 rings (SSSR count). The van der Waals surface area contributed by atoms with Crippen LogP contribution in [0.3, 0.4) is 0 Å². The molecule has 1 aromatic heterocycles. The van der Waals surface area contributed by atoms with Crippen molar-refractivity contribution in [2.24, 2.45) is 0 Å². The summed E-state index contributed by atoms with van der Waals surface area (Å²) >= 11 is 1.71. The first-order valence-electron chi connectivity index (χ1n) is 9.37. The quantitative estimate of drug-likeness (QED) is 0.317. The fraction of sp³-hybridized carbons (Fsp3) is 0.286. The first-order valence-corrected chi connectivity index (χ1v) is 10.8. The summed E-state index contributed by atoms with van der Waals surface area (Å²) in [6.07, 6.45) is -2.17. The Labute approximate surface area is 181 Å². The lowest BCUT2D eigenvalue weighted by molar-refractivity contribution is -0.136. The van der Waals surface area contributed by atoms with E-state index in [1.54, 1.807) is 11.8 Å². The van der Waals surface area contributed by atoms with Crippen LogP contribution in [-0.2, 0) is 5.75 Å². The van der Waals surface area contributed by atoms with Crippen LogP contribution in [0.5, 0.6) is 5.75 Å². The second-order valence-corrected chi connectivity index (χ2v) is 7.46. The molecule has 0 aliphatic rings. The van der Waals surface area contributed by atoms with Crippen LogP contribution in [0.2, 0.25) is 0 Å². The largest absolute Gasteiger partial charge is 0.493 e. The number of nitrogens with one attached hydrogen (secondary N) is 1. The van der Waals surface area contributed by atoms with Gasteiger partial charge in [-0.1, -0.05) is 12.1 Å². The Morgan fingerprint density at radius 1 is 1.10 bits per heavy atom. The van der Waals surface area contributed by atoms with E-state index in [0.717, 1.165) is 23.1 Å². The van der Waals surface area contributed by atoms with E-state index < -0.39 is 18.4 Å². The molecule has 2 aromatic carbocycles. The molecule has 0 saturated heterocycles. The monoisotopic (exact) mass is 452 g/mol. The van der Waals surface area contributed by atoms with E-state index in [1.807, 2.05) is 30.5 Å². The third kappa shape index (κ3) is 7.09. The number of ether oxygens (including phenoxy) is 1. The molecule has 0 fully saturated rings. The molecule has 0 aliphatic heterocycles. The van der Waals surface area contributed by atoms with Gasteiger partial charge in [0.05, 0.1) is 12.2 Å². The Kier molecular flexibility index (Phi) is 7.67. The number of hydrogen-bond donors (Lipinski definition) is 1. The number of halogens is 4. The predicted molar refractivity (Wildman–Crippen MR) is 113 cm³/mol. The average molecular weight is 452 g/mol. The van der Waals surface area contributed by atoms with Gasteiger partial charge in [0.25, 0.3) is 0 Å². The highest BCUT2D eigenvalue weighted by Gasteiger charge is 2.26. The molecule has 164 valence electrons. The van der Waals surface area contributed by atoms with Gasteiger partial charge in [-0.05, 0) is 42.5 Å². The van der Waals surface area contributed by atoms with Crippen LogP contribution in [0.1, 0.15) is 18.4 Å². The van der Waals surface area contributed by atoms with Crippen LogP contribution in [0.15, 0.2) is 48.8 Å². The Balaban J connectivity index is 1.78. The first-order chi connectivity index (χ1) is 14.8. The van der Waals surface area contributed by atoms with Crippen LogP contribution in [0.25, 0.3) is 11.4 Å². The topological polar surface area (TPSA) is 59.9 Å². The summed E-state index contributed by atoms with van der Waals surface area (Å²) in [6, 6.07) is 11.5. The molecule has 5 nitrogen and oxygen atoms in total. The Bertz CT molecular complexity index is 1020. The highest BCUT2D eigenvalue weighted by Crippen LogP contribution is 2.30. The molecule has 10 heteroatoms. The molecule has 0 saturated carbocycles. The summed E-state index contributed by atoms with van der Waals surface area (Å²) in [5.74, 6) is 0.846. The van der Waals surface area contributed by atoms with Crippen molar-refractivity contribution in [3.05, 3.63) is 60.2 Å². The number of benzene rings is 2. The fourth-order valence-corrected chi connectivity index (χ4v) is 3.29. The van der Waals surface area contributed by atoms with E-state index in [0.29, 0.717) is 5.56 Å². The van der Waals surface area contributed by atoms with Gasteiger partial charge in [-0.2, -0.15) is 29.9 Å². The maximum Gasteiger partial charge on any atom is 0.389 e. The fourth-order valence-electron chi connectivity index (χ4n) is 2.78. The third-order valence-electron chi connectivity index (χ3n) is 4.11. The molecule has 0 bridgehead atoms. The molecular weight excluding hydrogens is 432 g/mol. The van der Waals surface area contributed by atoms with Crippen molar-refractivity contribution < 1.29 is 22.3 Å². The van der Waals surface area contributed by atoms with Gasteiger partial charge >= 0.3 is 6.18 Å². The number of aromatic nitrogens is 3. The van der Waals surface area contributed by atoms with E-state index in [4.69, 9.17) is 4.74 Å². The number of nitrogens with zero attached hydrogens (tertiary/aromatic N) is 3. The second-order valence-electron chi connectivity index (χ2n) is 6.60. The van der Waals surface area contributed by atoms with Crippen molar-refractivity contribution in [3.8, 4) is 17.1 Å². The summed E-state index contributed by atoms with van der Waals surface area (Å²) in [7, 11) is 0. The highest BCUT2D eigenvalue weighted by atomic mass is 32.2. The van der Waals surface area contributed by atoms with Gasteiger partial charge in [-0.3, -0.25) is 0 Å². The van der Waals surface area contributed by atoms with Gasteiger partial charge in [-0.15, -0.1) is 0 Å². The molecule has 0 amide bonds. The molecule has 0 spiro atoms. The van der Waals surface area contributed by atoms with Crippen molar-refractivity contribution in [3.63, 3.8) is 0 Å². The third-order valence-corrected chi connectivity index (χ3v) is 4.73. The standard InChI is InChI=1S/C21H20F4N4OS/c1-31-12-14-4-2-5-16(10-14)28-20-27-13-26-19(29-20)17-7-6-15(22)11-18(17)30-9-3-8-21(23,24)25/h2,4-7,10-11,13H,3,8-9,12H2,1H3,(H,26,27,28,29). The normalized spacial score (nSPS) is 11.4. The second kappa shape index (κ2) is 10.4. The Morgan fingerprint density at radius 3 is 2.71 bits per heavy atom. The lowest BCUT2D eigenvalue weighted by atomic mass is 10.2. The molecular formula is C21H20F4N4OS. The molecule has 0 aliphatic carbocycles. The lowest BCUT2D eigenvalue weighted by Crippen LogP contribution is -2.10. The summed E-state index contributed by atoms with van der Waals surface area (Å²) in [5, 5.41) is 3.10. The van der Waals surface area contributed by atoms with Crippen molar-refractivity contribution >= 4 is 23.4 Å². The zero-order chi connectivity index (χ0) is 22.3. The van der Waals surface area contributed by atoms with Gasteiger partial charge in [-0.25, -0.2) is 14.4 Å². The average Bonchev–Trinajstić information content (AvgIpc) is 2.71. The van der Waals surface area contributed by atoms with E-state index in [1.165, 1.54) is 18.5 Å². The van der Waals surface area contributed by atoms with Crippen LogP contribution < -0.4 is 10.1 Å². The van der Waals surface area contributed by atoms with Gasteiger partial charge in [0.1, 0.15) is 17.9 Å². The van der Waals surface area contributed by atoms with E-state index in [9.17, 15) is 17.6 Å². The van der Waals surface area contributed by atoms with Gasteiger partial charge < -0.3 is 10.1 Å². The van der Waals surface area contributed by atoms with E-state index >= 15 is 0 Å². The first kappa shape index (κ1) is 22.8. The van der Waals surface area contributed by atoms with Crippen molar-refractivity contribution in [1.82, 2.24) is 15.0 Å². The number of hydrogen-bond acceptors (Lipinski definition) is 6. The Morgan fingerprint density at radius 2 is 1.94 bits per heavy atom. The molecule has 1 N–H and O–H groups in total. The Hall–Kier alpha value is -2.88. The smallest absolute Gasteiger partial charge is 0.389 e. The molecule has 0 atom stereocenters. The number of anilines is 2. The molecule has 1 heterocycles. The number of thioether (sulfide) groups is 1. The van der Waals surface area contributed by atoms with Crippen molar-refractivity contribution in [2.75, 3.05) is 18.2 Å². The maximum atomic E-state index is 13.7. The van der Waals surface area contributed by atoms with Gasteiger partial charge in [0, 0.05) is 23.9 Å². The SMILES string of the molecule is CSCc1cccc(Nc2ncnc(-c3ccc(F)cc3OCCCC(F)(F)F)n2)c1. The maximum absolute atomic E-state index is 13.7. The van der Waals surface area contributed by atoms with Crippen LogP contribution >= 0.6 is 11.8 Å². The van der Waals surface area contributed by atoms with E-state index in [2.05, 4.69) is 20.3 Å². The predicted octanol–water partition coefficient (Wildman–Crippen LogP) is 6.01. The zero-order valence-corrected chi connectivity index (χ0v) is 17.4. The van der Waals surface area contributed by atoms with Crippen LogP contribution in [0, 0.1) is 5.82 Å².